The quantitative estimate of drug-likeness (QED) is 0.274. The van der Waals surface area contributed by atoms with Gasteiger partial charge < -0.3 is 19.7 Å². The lowest BCUT2D eigenvalue weighted by atomic mass is 9.94. The highest BCUT2D eigenvalue weighted by Crippen LogP contribution is 2.43. The molecule has 5 rings (SSSR count). The molecule has 1 aliphatic heterocycles. The predicted octanol–water partition coefficient (Wildman–Crippen LogP) is 6.00. The number of carbonyl (C=O) groups is 3. The molecule has 2 N–H and O–H groups in total. The third-order valence-electron chi connectivity index (χ3n) is 6.32. The van der Waals surface area contributed by atoms with E-state index < -0.39 is 23.5 Å². The topological polar surface area (TPSA) is 103 Å². The van der Waals surface area contributed by atoms with Gasteiger partial charge in [-0.1, -0.05) is 34.1 Å². The fourth-order valence-electron chi connectivity index (χ4n) is 4.57. The number of nitrogens with zero attached hydrogens (tertiary/aromatic N) is 2. The molecule has 1 aromatic heterocycles. The van der Waals surface area contributed by atoms with E-state index in [9.17, 15) is 19.5 Å². The lowest BCUT2D eigenvalue weighted by Gasteiger charge is -2.27. The number of rotatable bonds is 6. The Labute approximate surface area is 227 Å². The fraction of sp³-hybridized carbons (Fsp3) is 0.138. The van der Waals surface area contributed by atoms with Crippen LogP contribution in [0.5, 0.6) is 0 Å². The molecule has 0 saturated carbocycles. The first kappa shape index (κ1) is 25.3. The van der Waals surface area contributed by atoms with Gasteiger partial charge in [0.25, 0.3) is 5.91 Å². The summed E-state index contributed by atoms with van der Waals surface area (Å²) in [4.78, 5) is 42.3. The van der Waals surface area contributed by atoms with Crippen molar-refractivity contribution in [3.8, 4) is 0 Å². The number of halogens is 1. The number of benzene rings is 3. The number of hydrogen-bond donors (Lipinski definition) is 2. The van der Waals surface area contributed by atoms with E-state index in [1.807, 2.05) is 49.3 Å². The molecule has 0 bridgehead atoms. The van der Waals surface area contributed by atoms with Crippen LogP contribution >= 0.6 is 15.9 Å². The summed E-state index contributed by atoms with van der Waals surface area (Å²) in [5.74, 6) is -2.22. The summed E-state index contributed by atoms with van der Waals surface area (Å²) in [5.41, 5.74) is 2.86. The molecule has 0 spiro atoms. The molecular formula is C29H24BrN3O5. The van der Waals surface area contributed by atoms with E-state index in [1.54, 1.807) is 42.5 Å². The Morgan fingerprint density at radius 2 is 1.76 bits per heavy atom. The largest absolute Gasteiger partial charge is 0.503 e. The molecule has 0 fully saturated rings. The van der Waals surface area contributed by atoms with Crippen molar-refractivity contribution < 1.29 is 23.9 Å². The average Bonchev–Trinajstić information content (AvgIpc) is 3.41. The molecule has 4 aromatic rings. The summed E-state index contributed by atoms with van der Waals surface area (Å²) in [6.07, 6.45) is 0. The summed E-state index contributed by atoms with van der Waals surface area (Å²) in [7, 11) is 3.82. The van der Waals surface area contributed by atoms with Crippen LogP contribution in [0.25, 0.3) is 11.0 Å². The Hall–Kier alpha value is -4.37. The van der Waals surface area contributed by atoms with E-state index in [2.05, 4.69) is 21.2 Å². The molecule has 38 heavy (non-hydrogen) atoms. The SMILES string of the molecule is CC(=O)Nc1cccc(N2C(=O)C(O)=C(C(=O)c3cc4cc(Br)ccc4o3)C2c2ccc(N(C)C)cc2)c1. The number of amides is 2. The van der Waals surface area contributed by atoms with Gasteiger partial charge in [0.2, 0.25) is 11.7 Å². The second-order valence-electron chi connectivity index (χ2n) is 9.18. The zero-order valence-electron chi connectivity index (χ0n) is 20.9. The van der Waals surface area contributed by atoms with E-state index in [-0.39, 0.29) is 17.2 Å². The zero-order valence-corrected chi connectivity index (χ0v) is 22.4. The van der Waals surface area contributed by atoms with Crippen LogP contribution < -0.4 is 15.1 Å². The Bertz CT molecular complexity index is 1620. The smallest absolute Gasteiger partial charge is 0.294 e. The predicted molar refractivity (Wildman–Crippen MR) is 150 cm³/mol. The van der Waals surface area contributed by atoms with Crippen molar-refractivity contribution in [3.63, 3.8) is 0 Å². The maximum absolute atomic E-state index is 13.8. The number of nitrogens with one attached hydrogen (secondary N) is 1. The van der Waals surface area contributed by atoms with Gasteiger partial charge in [0.05, 0.1) is 11.6 Å². The maximum Gasteiger partial charge on any atom is 0.294 e. The molecule has 192 valence electrons. The van der Waals surface area contributed by atoms with Gasteiger partial charge in [-0.05, 0) is 60.2 Å². The van der Waals surface area contributed by atoms with Crippen LogP contribution in [0.3, 0.4) is 0 Å². The summed E-state index contributed by atoms with van der Waals surface area (Å²) in [6, 6.07) is 20.1. The van der Waals surface area contributed by atoms with Gasteiger partial charge in [-0.2, -0.15) is 0 Å². The Morgan fingerprint density at radius 3 is 2.45 bits per heavy atom. The molecule has 8 nitrogen and oxygen atoms in total. The Kier molecular flexibility index (Phi) is 6.54. The van der Waals surface area contributed by atoms with Crippen molar-refractivity contribution in [1.29, 1.82) is 0 Å². The Morgan fingerprint density at radius 1 is 1.03 bits per heavy atom. The maximum atomic E-state index is 13.8. The number of Topliss-reactive ketones (excluding diaryl/α,β-unsaturated/α-hetero) is 1. The zero-order chi connectivity index (χ0) is 27.1. The summed E-state index contributed by atoms with van der Waals surface area (Å²) < 4.78 is 6.65. The monoisotopic (exact) mass is 573 g/mol. The molecule has 0 saturated heterocycles. The lowest BCUT2D eigenvalue weighted by Crippen LogP contribution is -2.31. The minimum absolute atomic E-state index is 0.0104. The van der Waals surface area contributed by atoms with E-state index in [1.165, 1.54) is 11.8 Å². The highest BCUT2D eigenvalue weighted by Gasteiger charge is 2.45. The molecule has 2 heterocycles. The number of aliphatic hydroxyl groups excluding tert-OH is 1. The number of aliphatic hydroxyl groups is 1. The second kappa shape index (κ2) is 9.83. The second-order valence-corrected chi connectivity index (χ2v) is 10.1. The number of carbonyl (C=O) groups excluding carboxylic acids is 3. The highest BCUT2D eigenvalue weighted by molar-refractivity contribution is 9.10. The molecule has 0 aliphatic carbocycles. The fourth-order valence-corrected chi connectivity index (χ4v) is 4.95. The third-order valence-corrected chi connectivity index (χ3v) is 6.82. The van der Waals surface area contributed by atoms with Crippen molar-refractivity contribution in [2.24, 2.45) is 0 Å². The first-order valence-corrected chi connectivity index (χ1v) is 12.6. The number of anilines is 3. The van der Waals surface area contributed by atoms with Crippen molar-refractivity contribution in [3.05, 3.63) is 99.9 Å². The first-order chi connectivity index (χ1) is 18.1. The number of fused-ring (bicyclic) bond motifs is 1. The average molecular weight is 574 g/mol. The Balaban J connectivity index is 1.64. The van der Waals surface area contributed by atoms with Crippen molar-refractivity contribution in [2.45, 2.75) is 13.0 Å². The molecule has 9 heteroatoms. The minimum atomic E-state index is -0.932. The van der Waals surface area contributed by atoms with Gasteiger partial charge in [0.15, 0.2) is 11.5 Å². The first-order valence-electron chi connectivity index (χ1n) is 11.8. The van der Waals surface area contributed by atoms with Gasteiger partial charge in [-0.25, -0.2) is 0 Å². The van der Waals surface area contributed by atoms with Crippen LogP contribution in [0.2, 0.25) is 0 Å². The minimum Gasteiger partial charge on any atom is -0.503 e. The van der Waals surface area contributed by atoms with Crippen LogP contribution in [0.15, 0.2) is 93.0 Å². The molecule has 2 amide bonds. The summed E-state index contributed by atoms with van der Waals surface area (Å²) in [5, 5.41) is 14.5. The standard InChI is InChI=1S/C29H24BrN3O5/c1-16(34)31-20-5-4-6-22(15-20)33-26(17-7-10-21(11-8-17)32(2)3)25(28(36)29(33)37)27(35)24-14-18-13-19(30)9-12-23(18)38-24/h4-15,26,36H,1-3H3,(H,31,34). The van der Waals surface area contributed by atoms with Crippen LogP contribution in [0, 0.1) is 0 Å². The van der Waals surface area contributed by atoms with Crippen LogP contribution in [0.1, 0.15) is 29.1 Å². The van der Waals surface area contributed by atoms with E-state index in [0.717, 1.165) is 10.2 Å². The summed E-state index contributed by atoms with van der Waals surface area (Å²) >= 11 is 3.42. The highest BCUT2D eigenvalue weighted by atomic mass is 79.9. The molecule has 3 aromatic carbocycles. The number of ketones is 1. The van der Waals surface area contributed by atoms with Crippen LogP contribution in [0.4, 0.5) is 17.1 Å². The van der Waals surface area contributed by atoms with Crippen molar-refractivity contribution in [1.82, 2.24) is 0 Å². The van der Waals surface area contributed by atoms with Gasteiger partial charge in [-0.3, -0.25) is 19.3 Å². The molecule has 1 unspecified atom stereocenters. The van der Waals surface area contributed by atoms with Crippen molar-refractivity contribution in [2.75, 3.05) is 29.2 Å². The van der Waals surface area contributed by atoms with Gasteiger partial charge in [0, 0.05) is 47.9 Å². The van der Waals surface area contributed by atoms with E-state index in [4.69, 9.17) is 4.42 Å². The molecular weight excluding hydrogens is 550 g/mol. The van der Waals surface area contributed by atoms with Gasteiger partial charge >= 0.3 is 0 Å². The molecule has 1 aliphatic rings. The van der Waals surface area contributed by atoms with Crippen molar-refractivity contribution >= 4 is 61.6 Å². The third kappa shape index (κ3) is 4.56. The van der Waals surface area contributed by atoms with Crippen LogP contribution in [-0.4, -0.2) is 36.8 Å². The van der Waals surface area contributed by atoms with E-state index in [0.29, 0.717) is 27.9 Å². The molecule has 1 atom stereocenters. The van der Waals surface area contributed by atoms with Gasteiger partial charge in [-0.15, -0.1) is 0 Å². The number of furan rings is 1. The van der Waals surface area contributed by atoms with E-state index >= 15 is 0 Å². The van der Waals surface area contributed by atoms with Crippen LogP contribution in [-0.2, 0) is 9.59 Å². The number of hydrogen-bond acceptors (Lipinski definition) is 6. The lowest BCUT2D eigenvalue weighted by molar-refractivity contribution is -0.117. The summed E-state index contributed by atoms with van der Waals surface area (Å²) in [6.45, 7) is 1.39. The van der Waals surface area contributed by atoms with Gasteiger partial charge in [0.1, 0.15) is 5.58 Å². The molecule has 0 radical (unpaired) electrons. The normalized spacial score (nSPS) is 15.3.